The minimum atomic E-state index is -1.41. The van der Waals surface area contributed by atoms with Crippen LogP contribution >= 0.6 is 0 Å². The van der Waals surface area contributed by atoms with E-state index in [4.69, 9.17) is 4.74 Å². The van der Waals surface area contributed by atoms with Gasteiger partial charge in [-0.1, -0.05) is 36.4 Å². The van der Waals surface area contributed by atoms with Crippen molar-refractivity contribution < 1.29 is 24.5 Å². The molecule has 8 nitrogen and oxygen atoms in total. The summed E-state index contributed by atoms with van der Waals surface area (Å²) in [6.07, 6.45) is 3.56. The fourth-order valence-electron chi connectivity index (χ4n) is 3.62. The van der Waals surface area contributed by atoms with Gasteiger partial charge in [0.05, 0.1) is 0 Å². The lowest BCUT2D eigenvalue weighted by atomic mass is 10.1. The highest BCUT2D eigenvalue weighted by atomic mass is 16.5. The molecule has 172 valence electrons. The van der Waals surface area contributed by atoms with Crippen LogP contribution in [0.1, 0.15) is 48.6 Å². The number of hydrogen-bond donors (Lipinski definition) is 4. The Balaban J connectivity index is 1.32. The summed E-state index contributed by atoms with van der Waals surface area (Å²) in [5.41, 5.74) is 2.75. The zero-order chi connectivity index (χ0) is 22.8. The van der Waals surface area contributed by atoms with Gasteiger partial charge in [-0.3, -0.25) is 4.79 Å². The number of pyridine rings is 1. The Morgan fingerprint density at radius 2 is 1.94 bits per heavy atom. The van der Waals surface area contributed by atoms with E-state index < -0.39 is 24.0 Å². The number of fused-ring (bicyclic) bond motifs is 1. The van der Waals surface area contributed by atoms with Gasteiger partial charge in [0.25, 0.3) is 5.91 Å². The molecule has 1 amide bonds. The van der Waals surface area contributed by atoms with E-state index in [1.165, 1.54) is 5.56 Å². The summed E-state index contributed by atoms with van der Waals surface area (Å²) >= 11 is 0. The van der Waals surface area contributed by atoms with Crippen LogP contribution in [0.2, 0.25) is 0 Å². The number of amides is 1. The van der Waals surface area contributed by atoms with Gasteiger partial charge >= 0.3 is 5.97 Å². The van der Waals surface area contributed by atoms with Crippen LogP contribution in [0.15, 0.2) is 42.5 Å². The first-order valence-electron chi connectivity index (χ1n) is 11.1. The van der Waals surface area contributed by atoms with Crippen LogP contribution in [0.25, 0.3) is 0 Å². The fraction of sp³-hybridized carbons (Fsp3) is 0.458. The molecule has 32 heavy (non-hydrogen) atoms. The monoisotopic (exact) mass is 441 g/mol. The molecule has 2 heterocycles. The van der Waals surface area contributed by atoms with Crippen LogP contribution < -0.4 is 10.6 Å². The summed E-state index contributed by atoms with van der Waals surface area (Å²) in [6, 6.07) is 11.5. The number of aliphatic hydroxyl groups excluding tert-OH is 1. The summed E-state index contributed by atoms with van der Waals surface area (Å²) in [6.45, 7) is 1.69. The maximum Gasteiger partial charge on any atom is 0.326 e. The Kier molecular flexibility index (Phi) is 9.01. The lowest BCUT2D eigenvalue weighted by Crippen LogP contribution is -2.43. The lowest BCUT2D eigenvalue weighted by Gasteiger charge is -2.18. The maximum atomic E-state index is 12.2. The molecule has 0 aliphatic carbocycles. The molecular weight excluding hydrogens is 410 g/mol. The van der Waals surface area contributed by atoms with E-state index in [9.17, 15) is 19.8 Å². The minimum absolute atomic E-state index is 0.126. The van der Waals surface area contributed by atoms with Crippen LogP contribution in [0, 0.1) is 0 Å². The van der Waals surface area contributed by atoms with E-state index in [0.717, 1.165) is 50.2 Å². The maximum absolute atomic E-state index is 12.2. The highest BCUT2D eigenvalue weighted by Crippen LogP contribution is 2.20. The fourth-order valence-corrected chi connectivity index (χ4v) is 3.62. The number of nitrogens with one attached hydrogen (secondary N) is 2. The number of aryl methyl sites for hydroxylation is 2. The Labute approximate surface area is 188 Å². The summed E-state index contributed by atoms with van der Waals surface area (Å²) in [4.78, 5) is 28.3. The summed E-state index contributed by atoms with van der Waals surface area (Å²) < 4.78 is 5.56. The van der Waals surface area contributed by atoms with Gasteiger partial charge < -0.3 is 25.6 Å². The molecule has 0 saturated carbocycles. The number of carboxylic acid groups (broad SMARTS) is 1. The van der Waals surface area contributed by atoms with Gasteiger partial charge in [0.15, 0.2) is 6.10 Å². The molecule has 1 aromatic carbocycles. The van der Waals surface area contributed by atoms with E-state index in [2.05, 4.69) is 27.8 Å². The lowest BCUT2D eigenvalue weighted by molar-refractivity contribution is -0.144. The smallest absolute Gasteiger partial charge is 0.326 e. The molecule has 1 aliphatic heterocycles. The third kappa shape index (κ3) is 7.03. The van der Waals surface area contributed by atoms with Crippen LogP contribution in [-0.4, -0.2) is 52.9 Å². The molecule has 2 atom stereocenters. The number of aromatic nitrogens is 1. The summed E-state index contributed by atoms with van der Waals surface area (Å²) in [5.74, 6) is -0.894. The number of ether oxygens (including phenoxy) is 1. The van der Waals surface area contributed by atoms with Crippen molar-refractivity contribution in [2.24, 2.45) is 0 Å². The van der Waals surface area contributed by atoms with Crippen molar-refractivity contribution in [2.45, 2.75) is 50.7 Å². The van der Waals surface area contributed by atoms with E-state index in [1.54, 1.807) is 30.3 Å². The van der Waals surface area contributed by atoms with Crippen LogP contribution in [0.5, 0.6) is 0 Å². The predicted molar refractivity (Wildman–Crippen MR) is 120 cm³/mol. The molecule has 0 fully saturated rings. The van der Waals surface area contributed by atoms with Gasteiger partial charge in [0.1, 0.15) is 11.9 Å². The van der Waals surface area contributed by atoms with Crippen molar-refractivity contribution in [3.8, 4) is 0 Å². The van der Waals surface area contributed by atoms with Crippen molar-refractivity contribution in [2.75, 3.05) is 25.1 Å². The first kappa shape index (κ1) is 23.7. The average Bonchev–Trinajstić information content (AvgIpc) is 2.82. The first-order chi connectivity index (χ1) is 15.5. The number of carboxylic acids is 1. The molecule has 4 N–H and O–H groups in total. The second kappa shape index (κ2) is 12.2. The number of anilines is 1. The Bertz CT molecular complexity index is 890. The number of hydrogen-bond acceptors (Lipinski definition) is 6. The zero-order valence-electron chi connectivity index (χ0n) is 18.1. The predicted octanol–water partition coefficient (Wildman–Crippen LogP) is 2.47. The van der Waals surface area contributed by atoms with Gasteiger partial charge in [-0.15, -0.1) is 0 Å². The van der Waals surface area contributed by atoms with Gasteiger partial charge in [-0.2, -0.15) is 0 Å². The normalized spacial score (nSPS) is 14.7. The van der Waals surface area contributed by atoms with Gasteiger partial charge in [0.2, 0.25) is 0 Å². The first-order valence-corrected chi connectivity index (χ1v) is 11.1. The van der Waals surface area contributed by atoms with E-state index >= 15 is 0 Å². The number of carbonyl (C=O) groups excluding carboxylic acids is 1. The number of nitrogens with zero attached hydrogens (tertiary/aromatic N) is 1. The van der Waals surface area contributed by atoms with Crippen molar-refractivity contribution >= 4 is 17.7 Å². The molecule has 0 bridgehead atoms. The van der Waals surface area contributed by atoms with Crippen LogP contribution in [0.4, 0.5) is 5.82 Å². The highest BCUT2D eigenvalue weighted by molar-refractivity contribution is 5.86. The average molecular weight is 442 g/mol. The highest BCUT2D eigenvalue weighted by Gasteiger charge is 2.24. The second-order valence-electron chi connectivity index (χ2n) is 7.91. The van der Waals surface area contributed by atoms with Gasteiger partial charge in [0, 0.05) is 31.9 Å². The van der Waals surface area contributed by atoms with Crippen molar-refractivity contribution in [1.82, 2.24) is 10.3 Å². The molecule has 0 spiro atoms. The Hall–Kier alpha value is -2.97. The van der Waals surface area contributed by atoms with Crippen LogP contribution in [0.3, 0.4) is 0 Å². The number of aliphatic carboxylic acids is 1. The van der Waals surface area contributed by atoms with Gasteiger partial charge in [-0.25, -0.2) is 9.78 Å². The van der Waals surface area contributed by atoms with Crippen molar-refractivity contribution in [3.63, 3.8) is 0 Å². The molecule has 8 heteroatoms. The molecular formula is C24H31N3O5. The molecule has 0 saturated heterocycles. The number of carbonyl (C=O) groups is 2. The number of benzene rings is 1. The number of unbranched alkanes of at least 4 members (excludes halogenated alkanes) is 1. The largest absolute Gasteiger partial charge is 0.480 e. The Morgan fingerprint density at radius 3 is 2.72 bits per heavy atom. The standard InChI is InChI=1S/C24H31N3O5/c28-21(17-7-2-1-3-8-17)23(29)27-20(24(30)31)13-16-32-15-5-4-10-19-12-11-18-9-6-14-25-22(18)26-19/h1-3,7-8,11-12,20-21,28H,4-6,9-10,13-16H2,(H,25,26)(H,27,29)(H,30,31)/t20?,21-/m1/s1. The molecule has 3 rings (SSSR count). The summed E-state index contributed by atoms with van der Waals surface area (Å²) in [7, 11) is 0. The SMILES string of the molecule is O=C(O)C(CCOCCCCc1ccc2c(n1)NCCC2)NC(=O)[C@H](O)c1ccccc1. The van der Waals surface area contributed by atoms with E-state index in [0.29, 0.717) is 12.2 Å². The van der Waals surface area contributed by atoms with Crippen molar-refractivity contribution in [3.05, 3.63) is 59.3 Å². The van der Waals surface area contributed by atoms with Crippen LogP contribution in [-0.2, 0) is 27.2 Å². The molecule has 1 aliphatic rings. The number of aliphatic hydroxyl groups is 1. The molecule has 2 aromatic rings. The summed E-state index contributed by atoms with van der Waals surface area (Å²) in [5, 5.41) is 25.2. The van der Waals surface area contributed by atoms with Crippen molar-refractivity contribution in [1.29, 1.82) is 0 Å². The molecule has 0 radical (unpaired) electrons. The topological polar surface area (TPSA) is 121 Å². The third-order valence-electron chi connectivity index (χ3n) is 5.45. The third-order valence-corrected chi connectivity index (χ3v) is 5.45. The van der Waals surface area contributed by atoms with E-state index in [1.807, 2.05) is 0 Å². The number of rotatable bonds is 12. The minimum Gasteiger partial charge on any atom is -0.480 e. The second-order valence-corrected chi connectivity index (χ2v) is 7.91. The zero-order valence-corrected chi connectivity index (χ0v) is 18.1. The van der Waals surface area contributed by atoms with Gasteiger partial charge in [-0.05, 0) is 49.3 Å². The Morgan fingerprint density at radius 1 is 1.12 bits per heavy atom. The molecule has 1 aromatic heterocycles. The van der Waals surface area contributed by atoms with E-state index in [-0.39, 0.29) is 13.0 Å². The quantitative estimate of drug-likeness (QED) is 0.373. The molecule has 1 unspecified atom stereocenters.